The number of alkyl halides is 1. The van der Waals surface area contributed by atoms with Gasteiger partial charge in [0, 0.05) is 55.6 Å². The number of H-pyrrole nitrogens is 2. The number of carbonyl (C=O) groups excluding carboxylic acids is 9. The molecule has 8 atom stereocenters. The third-order valence-corrected chi connectivity index (χ3v) is 12.5. The Balaban J connectivity index is 1.52. The number of aliphatic carboxylic acids is 1. The molecule has 4 aromatic rings. The molecule has 0 aliphatic rings. The number of rotatable bonds is 37. The lowest BCUT2D eigenvalue weighted by Crippen LogP contribution is -2.61. The van der Waals surface area contributed by atoms with Crippen LogP contribution in [0.1, 0.15) is 74.2 Å². The van der Waals surface area contributed by atoms with Crippen molar-refractivity contribution in [3.8, 4) is 0 Å². The van der Waals surface area contributed by atoms with Gasteiger partial charge in [-0.3, -0.25) is 57.9 Å². The lowest BCUT2D eigenvalue weighted by molar-refractivity contribution is -0.141. The van der Waals surface area contributed by atoms with E-state index in [4.69, 9.17) is 40.3 Å². The number of nitrogens with one attached hydrogen (secondary N) is 10. The predicted molar refractivity (Wildman–Crippen MR) is 300 cm³/mol. The van der Waals surface area contributed by atoms with Gasteiger partial charge in [0.25, 0.3) is 5.91 Å². The third kappa shape index (κ3) is 21.7. The van der Waals surface area contributed by atoms with Crippen molar-refractivity contribution >= 4 is 88.3 Å². The predicted octanol–water partition coefficient (Wildman–Crippen LogP) is -8.95. The number of aryl methyl sites for hydroxylation is 1. The van der Waals surface area contributed by atoms with E-state index >= 15 is 0 Å². The van der Waals surface area contributed by atoms with Crippen molar-refractivity contribution in [2.45, 2.75) is 120 Å². The van der Waals surface area contributed by atoms with Gasteiger partial charge in [-0.2, -0.15) is 4.68 Å². The number of aliphatic hydroxyl groups excluding tert-OH is 2. The molecule has 0 aromatic carbocycles. The number of carboxylic acid groups (broad SMARTS) is 1. The lowest BCUT2D eigenvalue weighted by atomic mass is 10.0. The number of nitrogens with two attached hydrogens (primary N) is 5. The Morgan fingerprint density at radius 1 is 0.628 bits per heavy atom. The Hall–Kier alpha value is -9.85. The zero-order valence-electron chi connectivity index (χ0n) is 46.6. The number of aliphatic imine (C=N–C) groups is 2. The number of aromatic amines is 2. The second kappa shape index (κ2) is 34.1. The minimum atomic E-state index is -2.03. The highest BCUT2D eigenvalue weighted by molar-refractivity contribution is 6.17. The van der Waals surface area contributed by atoms with Crippen LogP contribution in [0.25, 0.3) is 5.65 Å². The molecule has 39 heteroatoms. The standard InChI is InChI=1S/C47H71ClN24O14/c1-22(2)11-28(39(80)68-31(17-73)42(83)61-25(5-3-8-56-45(50)51)37(78)63-27(35(49)77)12-23-15-54-19-58-23)64-40(81)29(13-24-16-55-20-59-24)65-41(82)30(14-33(75)76)66-43(84)32(18-74)67-38(79)26(6-4-9-57-46(52)53)62-44(85)34-36-69-70-72(10-7-48)47(86)71(36)21-60-34/h15-16,19-22,25-32,73-74H,3-14,17-18H2,1-2H3,(H2,49,77)(H,54,58)(H,55,59)(H,61,83)(H,62,85)(H,63,78)(H,64,81)(H,65,82)(H,66,84)(H,67,79)(H,68,80)(H,75,76)(H4,50,51,56)(H4,52,53,57)/t25-,26-,27-,28-,29-,30-,31-,32-/m0/s1. The van der Waals surface area contributed by atoms with Crippen LogP contribution in [0, 0.1) is 5.92 Å². The summed E-state index contributed by atoms with van der Waals surface area (Å²) < 4.78 is 1.83. The summed E-state index contributed by atoms with van der Waals surface area (Å²) in [7, 11) is 0. The lowest BCUT2D eigenvalue weighted by Gasteiger charge is -2.28. The zero-order chi connectivity index (χ0) is 63.6. The number of amides is 9. The van der Waals surface area contributed by atoms with Crippen LogP contribution in [0.15, 0.2) is 46.2 Å². The summed E-state index contributed by atoms with van der Waals surface area (Å²) >= 11 is 5.73. The summed E-state index contributed by atoms with van der Waals surface area (Å²) in [6.45, 7) is 1.10. The molecule has 0 fully saturated rings. The van der Waals surface area contributed by atoms with Gasteiger partial charge in [0.05, 0.1) is 38.8 Å². The number of nitrogens with zero attached hydrogens (tertiary/aromatic N) is 9. The number of halogens is 1. The summed E-state index contributed by atoms with van der Waals surface area (Å²) in [5, 5.41) is 57.2. The van der Waals surface area contributed by atoms with Gasteiger partial charge in [-0.25, -0.2) is 24.1 Å². The number of aliphatic hydroxyl groups is 2. The molecule has 0 aliphatic carbocycles. The highest BCUT2D eigenvalue weighted by Crippen LogP contribution is 2.11. The molecule has 0 radical (unpaired) electrons. The number of hydrogen-bond acceptors (Lipinski definition) is 20. The monoisotopic (exact) mass is 1230 g/mol. The van der Waals surface area contributed by atoms with E-state index in [0.29, 0.717) is 5.69 Å². The molecule has 0 saturated carbocycles. The molecule has 0 spiro atoms. The summed E-state index contributed by atoms with van der Waals surface area (Å²) in [5.74, 6) is -12.3. The van der Waals surface area contributed by atoms with Crippen molar-refractivity contribution < 1.29 is 63.3 Å². The first-order valence-corrected chi connectivity index (χ1v) is 27.0. The maximum Gasteiger partial charge on any atom is 0.353 e. The SMILES string of the molecule is CC(C)C[C@H](NC(=O)[C@H](Cc1cnc[nH]1)NC(=O)[C@H](CC(=O)O)NC(=O)[C@H](CO)NC(=O)[C@H](CCCN=C(N)N)NC(=O)c1ncn2c(=O)n(CCCl)nnc12)C(=O)N[C@@H](CO)C(=O)N[C@@H](CCCN=C(N)N)C(=O)N[C@@H](Cc1cnc[nH]1)C(N)=O. The maximum absolute atomic E-state index is 14.3. The fourth-order valence-corrected chi connectivity index (χ4v) is 8.19. The van der Waals surface area contributed by atoms with Crippen LogP contribution in [0.5, 0.6) is 0 Å². The van der Waals surface area contributed by atoms with Crippen LogP contribution in [0.2, 0.25) is 0 Å². The van der Waals surface area contributed by atoms with E-state index in [0.717, 1.165) is 15.4 Å². The number of fused-ring (bicyclic) bond motifs is 1. The molecule has 0 saturated heterocycles. The summed E-state index contributed by atoms with van der Waals surface area (Å²) in [5.41, 5.74) is 26.5. The zero-order valence-corrected chi connectivity index (χ0v) is 47.4. The van der Waals surface area contributed by atoms with E-state index in [2.05, 4.69) is 87.8 Å². The van der Waals surface area contributed by atoms with Crippen molar-refractivity contribution in [3.63, 3.8) is 0 Å². The fourth-order valence-electron chi connectivity index (χ4n) is 8.03. The topological polar surface area (TPSA) is 605 Å². The van der Waals surface area contributed by atoms with E-state index in [9.17, 15) is 68.1 Å². The first kappa shape index (κ1) is 68.6. The first-order chi connectivity index (χ1) is 40.8. The van der Waals surface area contributed by atoms with Crippen molar-refractivity contribution in [2.24, 2.45) is 44.6 Å². The van der Waals surface area contributed by atoms with Crippen LogP contribution in [-0.2, 0) is 62.5 Å². The number of guanidine groups is 2. The number of carbonyl (C=O) groups is 10. The van der Waals surface area contributed by atoms with Crippen molar-refractivity contribution in [3.05, 3.63) is 58.9 Å². The normalized spacial score (nSPS) is 13.9. The second-order valence-electron chi connectivity index (χ2n) is 19.5. The van der Waals surface area contributed by atoms with Crippen LogP contribution >= 0.6 is 11.6 Å². The molecule has 0 bridgehead atoms. The van der Waals surface area contributed by atoms with Gasteiger partial charge in [-0.1, -0.05) is 19.1 Å². The number of primary amides is 1. The summed E-state index contributed by atoms with van der Waals surface area (Å²) in [6, 6.07) is -13.2. The number of carboxylic acids is 1. The molecule has 9 amide bonds. The second-order valence-corrected chi connectivity index (χ2v) is 19.9. The van der Waals surface area contributed by atoms with E-state index in [1.807, 2.05) is 0 Å². The molecule has 4 aromatic heterocycles. The van der Waals surface area contributed by atoms with E-state index in [1.54, 1.807) is 13.8 Å². The highest BCUT2D eigenvalue weighted by Gasteiger charge is 2.36. The van der Waals surface area contributed by atoms with Gasteiger partial charge in [-0.15, -0.1) is 16.7 Å². The van der Waals surface area contributed by atoms with Gasteiger partial charge >= 0.3 is 11.7 Å². The largest absolute Gasteiger partial charge is 0.481 e. The Morgan fingerprint density at radius 2 is 1.07 bits per heavy atom. The molecule has 38 nitrogen and oxygen atoms in total. The molecule has 470 valence electrons. The maximum atomic E-state index is 14.3. The summed E-state index contributed by atoms with van der Waals surface area (Å²) in [6.07, 6.45) is 4.32. The quantitative estimate of drug-likeness (QED) is 0.00863. The van der Waals surface area contributed by atoms with Gasteiger partial charge in [0.1, 0.15) is 54.7 Å². The van der Waals surface area contributed by atoms with Gasteiger partial charge in [-0.05, 0) is 38.0 Å². The van der Waals surface area contributed by atoms with Crippen molar-refractivity contribution in [1.29, 1.82) is 0 Å². The minimum Gasteiger partial charge on any atom is -0.481 e. The molecule has 0 aliphatic heterocycles. The minimum absolute atomic E-state index is 0.00923. The average Bonchev–Trinajstić information content (AvgIpc) is 1.98. The third-order valence-electron chi connectivity index (χ3n) is 12.3. The van der Waals surface area contributed by atoms with Gasteiger partial charge in [0.2, 0.25) is 47.3 Å². The number of aromatic nitrogens is 9. The van der Waals surface area contributed by atoms with E-state index < -0.39 is 145 Å². The van der Waals surface area contributed by atoms with Crippen LogP contribution < -0.4 is 76.9 Å². The average molecular weight is 1230 g/mol. The Bertz CT molecular complexity index is 3090. The highest BCUT2D eigenvalue weighted by atomic mass is 35.5. The Morgan fingerprint density at radius 3 is 1.55 bits per heavy atom. The molecular formula is C47H71ClN24O14. The van der Waals surface area contributed by atoms with Crippen molar-refractivity contribution in [2.75, 3.05) is 32.2 Å². The smallest absolute Gasteiger partial charge is 0.353 e. The van der Waals surface area contributed by atoms with Crippen molar-refractivity contribution in [1.82, 2.24) is 86.8 Å². The Kier molecular flexibility index (Phi) is 27.2. The molecule has 0 unspecified atom stereocenters. The number of hydrogen-bond donors (Lipinski definition) is 18. The first-order valence-electron chi connectivity index (χ1n) is 26.4. The molecular weight excluding hydrogens is 1160 g/mol. The van der Waals surface area contributed by atoms with Crippen LogP contribution in [0.4, 0.5) is 0 Å². The van der Waals surface area contributed by atoms with E-state index in [-0.39, 0.29) is 93.2 Å². The van der Waals surface area contributed by atoms with Gasteiger partial charge in [0.15, 0.2) is 23.3 Å². The van der Waals surface area contributed by atoms with Gasteiger partial charge < -0.3 is 96.5 Å². The Labute approximate surface area is 492 Å². The molecule has 4 heterocycles. The molecule has 86 heavy (non-hydrogen) atoms. The molecule has 4 rings (SSSR count). The van der Waals surface area contributed by atoms with Crippen LogP contribution in [0.3, 0.4) is 0 Å². The van der Waals surface area contributed by atoms with E-state index in [1.165, 1.54) is 25.0 Å². The summed E-state index contributed by atoms with van der Waals surface area (Å²) in [4.78, 5) is 173. The fraction of sp³-hybridized carbons (Fsp3) is 0.532. The van der Waals surface area contributed by atoms with Crippen LogP contribution in [-0.4, -0.2) is 211 Å². The molecule has 23 N–H and O–H groups in total. The number of imidazole rings is 3.